The van der Waals surface area contributed by atoms with Crippen molar-refractivity contribution in [3.8, 4) is 17.2 Å². The van der Waals surface area contributed by atoms with Gasteiger partial charge in [-0.2, -0.15) is 0 Å². The van der Waals surface area contributed by atoms with E-state index in [1.165, 1.54) is 28.1 Å². The monoisotopic (exact) mass is 533 g/mol. The lowest BCUT2D eigenvalue weighted by molar-refractivity contribution is -0.113. The molecule has 2 heterocycles. The minimum absolute atomic E-state index is 0.113. The van der Waals surface area contributed by atoms with Crippen molar-refractivity contribution in [2.75, 3.05) is 31.0 Å². The second-order valence-corrected chi connectivity index (χ2v) is 9.76. The molecule has 0 aliphatic carbocycles. The highest BCUT2D eigenvalue weighted by Gasteiger charge is 2.23. The zero-order valence-electron chi connectivity index (χ0n) is 17.4. The fourth-order valence-corrected chi connectivity index (χ4v) is 5.36. The van der Waals surface area contributed by atoms with Crippen LogP contribution in [0.15, 0.2) is 61.8 Å². The van der Waals surface area contributed by atoms with Gasteiger partial charge in [0.25, 0.3) is 5.56 Å². The average Bonchev–Trinajstić information content (AvgIpc) is 3.28. The number of aryl methyl sites for hydroxylation is 1. The van der Waals surface area contributed by atoms with Gasteiger partial charge in [-0.05, 0) is 36.4 Å². The summed E-state index contributed by atoms with van der Waals surface area (Å²) < 4.78 is 13.2. The van der Waals surface area contributed by atoms with E-state index in [9.17, 15) is 9.59 Å². The topological polar surface area (TPSA) is 82.5 Å². The number of carbonyl (C=O) groups is 1. The van der Waals surface area contributed by atoms with Crippen molar-refractivity contribution in [2.45, 2.75) is 16.5 Å². The SMILES string of the molecule is COc1ccc(-n2c(SCC(=O)Nc3ccc(Br)cc3)nc3c(c2=O)SCC3)cc1OC. The van der Waals surface area contributed by atoms with E-state index in [0.717, 1.165) is 22.3 Å². The van der Waals surface area contributed by atoms with Gasteiger partial charge in [-0.15, -0.1) is 11.8 Å². The number of hydrogen-bond acceptors (Lipinski definition) is 7. The van der Waals surface area contributed by atoms with Crippen molar-refractivity contribution in [3.05, 3.63) is 63.0 Å². The molecule has 0 spiro atoms. The van der Waals surface area contributed by atoms with E-state index in [0.29, 0.717) is 32.9 Å². The number of nitrogens with zero attached hydrogens (tertiary/aromatic N) is 2. The number of thioether (sulfide) groups is 2. The maximum absolute atomic E-state index is 13.3. The number of methoxy groups -OCH3 is 2. The minimum Gasteiger partial charge on any atom is -0.493 e. The number of benzene rings is 2. The predicted octanol–water partition coefficient (Wildman–Crippen LogP) is 4.39. The molecule has 10 heteroatoms. The standard InChI is InChI=1S/C22H20BrN3O4S2/c1-29-17-8-7-15(11-18(17)30-2)26-21(28)20-16(9-10-31-20)25-22(26)32-12-19(27)24-14-5-3-13(23)4-6-14/h3-8,11H,9-10,12H2,1-2H3,(H,24,27). The van der Waals surface area contributed by atoms with Crippen LogP contribution in [0.2, 0.25) is 0 Å². The van der Waals surface area contributed by atoms with Gasteiger partial charge in [-0.25, -0.2) is 4.98 Å². The molecule has 166 valence electrons. The van der Waals surface area contributed by atoms with E-state index in [1.807, 2.05) is 24.3 Å². The van der Waals surface area contributed by atoms with Gasteiger partial charge >= 0.3 is 0 Å². The summed E-state index contributed by atoms with van der Waals surface area (Å²) >= 11 is 6.12. The van der Waals surface area contributed by atoms with Gasteiger partial charge in [0.15, 0.2) is 16.7 Å². The second-order valence-electron chi connectivity index (χ2n) is 6.79. The van der Waals surface area contributed by atoms with Crippen LogP contribution in [0.3, 0.4) is 0 Å². The molecule has 2 aromatic carbocycles. The largest absolute Gasteiger partial charge is 0.493 e. The summed E-state index contributed by atoms with van der Waals surface area (Å²) in [5.74, 6) is 1.83. The molecule has 0 saturated carbocycles. The van der Waals surface area contributed by atoms with Gasteiger partial charge in [-0.3, -0.25) is 14.2 Å². The van der Waals surface area contributed by atoms with Gasteiger partial charge in [0.1, 0.15) is 0 Å². The van der Waals surface area contributed by atoms with Crippen LogP contribution in [-0.4, -0.2) is 41.2 Å². The van der Waals surface area contributed by atoms with Gasteiger partial charge in [0, 0.05) is 28.4 Å². The van der Waals surface area contributed by atoms with Crippen molar-refractivity contribution in [1.82, 2.24) is 9.55 Å². The number of aromatic nitrogens is 2. The number of hydrogen-bond donors (Lipinski definition) is 1. The van der Waals surface area contributed by atoms with E-state index in [4.69, 9.17) is 14.5 Å². The molecule has 1 aliphatic rings. The Labute approximate surface area is 202 Å². The van der Waals surface area contributed by atoms with Gasteiger partial charge in [0.05, 0.1) is 36.2 Å². The highest BCUT2D eigenvalue weighted by atomic mass is 79.9. The Kier molecular flexibility index (Phi) is 7.12. The van der Waals surface area contributed by atoms with Gasteiger partial charge in [-0.1, -0.05) is 27.7 Å². The molecular formula is C22H20BrN3O4S2. The van der Waals surface area contributed by atoms with E-state index in [2.05, 4.69) is 21.2 Å². The fourth-order valence-electron chi connectivity index (χ4n) is 3.24. The van der Waals surface area contributed by atoms with E-state index >= 15 is 0 Å². The Morgan fingerprint density at radius 3 is 2.66 bits per heavy atom. The molecule has 0 bridgehead atoms. The van der Waals surface area contributed by atoms with Crippen LogP contribution in [0.1, 0.15) is 5.69 Å². The van der Waals surface area contributed by atoms with E-state index < -0.39 is 0 Å². The van der Waals surface area contributed by atoms with Crippen molar-refractivity contribution in [3.63, 3.8) is 0 Å². The third-order valence-corrected chi connectivity index (χ3v) is 7.33. The Balaban J connectivity index is 1.64. The molecule has 7 nitrogen and oxygen atoms in total. The van der Waals surface area contributed by atoms with Crippen LogP contribution in [0, 0.1) is 0 Å². The Morgan fingerprint density at radius 1 is 1.19 bits per heavy atom. The molecule has 0 radical (unpaired) electrons. The second kappa shape index (κ2) is 10.0. The number of anilines is 1. The maximum atomic E-state index is 13.3. The van der Waals surface area contributed by atoms with Crippen LogP contribution in [0.4, 0.5) is 5.69 Å². The first-order valence-corrected chi connectivity index (χ1v) is 12.5. The molecule has 0 unspecified atom stereocenters. The number of ether oxygens (including phenoxy) is 2. The van der Waals surface area contributed by atoms with Crippen molar-refractivity contribution < 1.29 is 14.3 Å². The molecule has 1 amide bonds. The number of nitrogens with one attached hydrogen (secondary N) is 1. The normalized spacial score (nSPS) is 12.3. The zero-order valence-corrected chi connectivity index (χ0v) is 20.6. The molecule has 0 atom stereocenters. The van der Waals surface area contributed by atoms with Crippen molar-refractivity contribution in [2.24, 2.45) is 0 Å². The summed E-state index contributed by atoms with van der Waals surface area (Å²) in [5, 5.41) is 3.33. The quantitative estimate of drug-likeness (QED) is 0.356. The van der Waals surface area contributed by atoms with Crippen molar-refractivity contribution >= 4 is 51.0 Å². The lowest BCUT2D eigenvalue weighted by Gasteiger charge is -2.15. The molecule has 3 aromatic rings. The highest BCUT2D eigenvalue weighted by molar-refractivity contribution is 9.10. The molecule has 1 aliphatic heterocycles. The van der Waals surface area contributed by atoms with Gasteiger partial charge in [0.2, 0.25) is 5.91 Å². The number of carbonyl (C=O) groups excluding carboxylic acids is 1. The predicted molar refractivity (Wildman–Crippen MR) is 131 cm³/mol. The number of halogens is 1. The first kappa shape index (κ1) is 22.8. The first-order chi connectivity index (χ1) is 15.5. The third-order valence-electron chi connectivity index (χ3n) is 4.75. The fraction of sp³-hybridized carbons (Fsp3) is 0.227. The highest BCUT2D eigenvalue weighted by Crippen LogP contribution is 2.33. The molecule has 32 heavy (non-hydrogen) atoms. The van der Waals surface area contributed by atoms with Crippen LogP contribution in [0.5, 0.6) is 11.5 Å². The number of amides is 1. The Hall–Kier alpha value is -2.43. The van der Waals surface area contributed by atoms with E-state index in [1.54, 1.807) is 32.4 Å². The van der Waals surface area contributed by atoms with E-state index in [-0.39, 0.29) is 17.2 Å². The Morgan fingerprint density at radius 2 is 1.94 bits per heavy atom. The third kappa shape index (κ3) is 4.82. The molecule has 0 fully saturated rings. The molecule has 1 N–H and O–H groups in total. The zero-order chi connectivity index (χ0) is 22.7. The lowest BCUT2D eigenvalue weighted by atomic mass is 10.2. The summed E-state index contributed by atoms with van der Waals surface area (Å²) in [6, 6.07) is 12.6. The summed E-state index contributed by atoms with van der Waals surface area (Å²) in [6.07, 6.45) is 0.737. The number of rotatable bonds is 7. The lowest BCUT2D eigenvalue weighted by Crippen LogP contribution is -2.24. The van der Waals surface area contributed by atoms with Crippen molar-refractivity contribution in [1.29, 1.82) is 0 Å². The van der Waals surface area contributed by atoms with Crippen LogP contribution >= 0.6 is 39.5 Å². The first-order valence-electron chi connectivity index (χ1n) is 9.69. The Bertz CT molecular complexity index is 1220. The van der Waals surface area contributed by atoms with Gasteiger partial charge < -0.3 is 14.8 Å². The molecule has 0 saturated heterocycles. The molecule has 1 aromatic heterocycles. The summed E-state index contributed by atoms with van der Waals surface area (Å²) in [7, 11) is 3.10. The summed E-state index contributed by atoms with van der Waals surface area (Å²) in [6.45, 7) is 0. The maximum Gasteiger partial charge on any atom is 0.272 e. The number of fused-ring (bicyclic) bond motifs is 1. The summed E-state index contributed by atoms with van der Waals surface area (Å²) in [4.78, 5) is 31.2. The van der Waals surface area contributed by atoms with Crippen LogP contribution in [-0.2, 0) is 11.2 Å². The van der Waals surface area contributed by atoms with Crippen LogP contribution in [0.25, 0.3) is 5.69 Å². The molecule has 4 rings (SSSR count). The average molecular weight is 534 g/mol. The summed E-state index contributed by atoms with van der Waals surface area (Å²) in [5.41, 5.74) is 1.95. The smallest absolute Gasteiger partial charge is 0.272 e. The van der Waals surface area contributed by atoms with Crippen LogP contribution < -0.4 is 20.3 Å². The molecular weight excluding hydrogens is 514 g/mol. The minimum atomic E-state index is -0.180.